The largest absolute Gasteiger partial charge is 0.465 e. The third-order valence-corrected chi connectivity index (χ3v) is 10.2. The first kappa shape index (κ1) is 26.7. The Balaban J connectivity index is 1.42. The molecular formula is C33H42N2O3. The molecule has 2 N–H and O–H groups in total. The van der Waals surface area contributed by atoms with Crippen molar-refractivity contribution < 1.29 is 14.6 Å². The number of piperidine rings is 1. The van der Waals surface area contributed by atoms with Crippen molar-refractivity contribution in [2.24, 2.45) is 11.3 Å². The first-order valence-electron chi connectivity index (χ1n) is 13.9. The van der Waals surface area contributed by atoms with Gasteiger partial charge in [-0.15, -0.1) is 0 Å². The van der Waals surface area contributed by atoms with Crippen molar-refractivity contribution >= 4 is 5.91 Å². The van der Waals surface area contributed by atoms with Crippen molar-refractivity contribution in [1.82, 2.24) is 10.2 Å². The van der Waals surface area contributed by atoms with Crippen LogP contribution in [0.2, 0.25) is 0 Å². The Bertz CT molecular complexity index is 1280. The van der Waals surface area contributed by atoms with Crippen LogP contribution in [-0.4, -0.2) is 41.6 Å². The van der Waals surface area contributed by atoms with Gasteiger partial charge in [-0.05, 0) is 99.9 Å². The molecule has 202 valence electrons. The van der Waals surface area contributed by atoms with E-state index in [1.165, 1.54) is 22.3 Å². The summed E-state index contributed by atoms with van der Waals surface area (Å²) < 4.78 is 6.57. The van der Waals surface area contributed by atoms with E-state index in [0.717, 1.165) is 31.6 Å². The summed E-state index contributed by atoms with van der Waals surface area (Å²) >= 11 is 0. The quantitative estimate of drug-likeness (QED) is 0.500. The van der Waals surface area contributed by atoms with Crippen LogP contribution in [0.4, 0.5) is 0 Å². The molecule has 1 saturated heterocycles. The Morgan fingerprint density at radius 1 is 1.18 bits per heavy atom. The fourth-order valence-electron chi connectivity index (χ4n) is 7.64. The van der Waals surface area contributed by atoms with E-state index in [1.807, 2.05) is 25.1 Å². The van der Waals surface area contributed by atoms with Crippen molar-refractivity contribution in [2.45, 2.75) is 77.5 Å². The van der Waals surface area contributed by atoms with Crippen molar-refractivity contribution in [3.8, 4) is 0 Å². The van der Waals surface area contributed by atoms with Crippen LogP contribution in [0.5, 0.6) is 0 Å². The molecule has 1 aliphatic heterocycles. The number of rotatable bonds is 6. The molecule has 2 aromatic rings. The molecule has 0 bridgehead atoms. The van der Waals surface area contributed by atoms with Gasteiger partial charge in [0.1, 0.15) is 11.5 Å². The summed E-state index contributed by atoms with van der Waals surface area (Å²) in [5, 5.41) is 13.4. The second-order valence-corrected chi connectivity index (χ2v) is 12.0. The van der Waals surface area contributed by atoms with Crippen LogP contribution in [0.3, 0.4) is 0 Å². The van der Waals surface area contributed by atoms with Crippen molar-refractivity contribution in [1.29, 1.82) is 0 Å². The monoisotopic (exact) mass is 514 g/mol. The molecule has 0 saturated carbocycles. The average molecular weight is 515 g/mol. The van der Waals surface area contributed by atoms with Gasteiger partial charge < -0.3 is 20.1 Å². The van der Waals surface area contributed by atoms with Gasteiger partial charge in [-0.2, -0.15) is 0 Å². The molecule has 5 nitrogen and oxygen atoms in total. The van der Waals surface area contributed by atoms with Gasteiger partial charge >= 0.3 is 0 Å². The number of aryl methyl sites for hydroxylation is 2. The van der Waals surface area contributed by atoms with E-state index in [9.17, 15) is 9.90 Å². The predicted molar refractivity (Wildman–Crippen MR) is 152 cm³/mol. The predicted octanol–water partition coefficient (Wildman–Crippen LogP) is 5.50. The number of amides is 1. The minimum atomic E-state index is -1.24. The highest BCUT2D eigenvalue weighted by Crippen LogP contribution is 2.66. The number of fused-ring (bicyclic) bond motifs is 1. The van der Waals surface area contributed by atoms with Crippen LogP contribution >= 0.6 is 0 Å². The third-order valence-electron chi connectivity index (χ3n) is 10.2. The minimum absolute atomic E-state index is 0.00921. The van der Waals surface area contributed by atoms with E-state index >= 15 is 0 Å². The summed E-state index contributed by atoms with van der Waals surface area (Å²) in [6, 6.07) is 13.5. The number of carbonyl (C=O) groups excluding carboxylic acids is 1. The molecule has 2 aliphatic carbocycles. The van der Waals surface area contributed by atoms with E-state index in [0.29, 0.717) is 17.4 Å². The summed E-state index contributed by atoms with van der Waals surface area (Å²) in [5.41, 5.74) is 6.38. The first-order chi connectivity index (χ1) is 18.0. The van der Waals surface area contributed by atoms with Crippen molar-refractivity contribution in [3.05, 3.63) is 94.5 Å². The van der Waals surface area contributed by atoms with Crippen LogP contribution < -0.4 is 5.32 Å². The number of hydrogen-bond acceptors (Lipinski definition) is 4. The number of allylic oxidation sites excluding steroid dienone is 2. The number of benzene rings is 2. The highest BCUT2D eigenvalue weighted by atomic mass is 16.5. The third kappa shape index (κ3) is 3.94. The normalized spacial score (nSPS) is 29.8. The van der Waals surface area contributed by atoms with Crippen LogP contribution in [0, 0.1) is 25.2 Å². The summed E-state index contributed by atoms with van der Waals surface area (Å²) in [6.07, 6.45) is 4.03. The molecule has 38 heavy (non-hydrogen) atoms. The Hall–Kier alpha value is -2.89. The van der Waals surface area contributed by atoms with E-state index in [1.54, 1.807) is 12.1 Å². The maximum Gasteiger partial charge on any atom is 0.254 e. The van der Waals surface area contributed by atoms with Crippen LogP contribution in [0.15, 0.2) is 66.6 Å². The molecule has 6 atom stereocenters. The van der Waals surface area contributed by atoms with Gasteiger partial charge in [-0.1, -0.05) is 56.0 Å². The fourth-order valence-corrected chi connectivity index (χ4v) is 7.64. The van der Waals surface area contributed by atoms with E-state index in [4.69, 9.17) is 4.74 Å². The van der Waals surface area contributed by atoms with Crippen molar-refractivity contribution in [2.75, 3.05) is 13.6 Å². The molecule has 0 radical (unpaired) electrons. The topological polar surface area (TPSA) is 61.8 Å². The summed E-state index contributed by atoms with van der Waals surface area (Å²) in [4.78, 5) is 15.3. The smallest absolute Gasteiger partial charge is 0.254 e. The average Bonchev–Trinajstić information content (AvgIpc) is 3.28. The van der Waals surface area contributed by atoms with Gasteiger partial charge in [-0.3, -0.25) is 4.79 Å². The lowest BCUT2D eigenvalue weighted by atomic mass is 9.47. The van der Waals surface area contributed by atoms with Gasteiger partial charge in [0.15, 0.2) is 6.10 Å². The number of nitrogens with zero attached hydrogens (tertiary/aromatic N) is 1. The van der Waals surface area contributed by atoms with Crippen LogP contribution in [0.1, 0.15) is 67.5 Å². The molecule has 5 heteroatoms. The standard InChI is InChI=1S/C33H42N2O3/c1-20-13-14-21(2)29-26(20)19-27-28(15-16-32(6)24(5)35(7)18-17-33(27,29)32)38-23(4)22(3)34-31(37)30(36)25-11-9-8-10-12-25/h8-15,22,24,27,30,36H,4,16-19H2,1-3,5-7H3,(H,34,37)/t22?,24?,27?,30-,32?,33?/m0/s1. The highest BCUT2D eigenvalue weighted by molar-refractivity contribution is 5.82. The lowest BCUT2D eigenvalue weighted by molar-refractivity contribution is -0.130. The number of hydrogen-bond donors (Lipinski definition) is 2. The molecular weight excluding hydrogens is 472 g/mol. The zero-order valence-corrected chi connectivity index (χ0v) is 23.7. The van der Waals surface area contributed by atoms with Crippen LogP contribution in [-0.2, 0) is 21.4 Å². The maximum atomic E-state index is 12.8. The van der Waals surface area contributed by atoms with Gasteiger partial charge in [0.05, 0.1) is 6.04 Å². The number of ether oxygens (including phenoxy) is 1. The SMILES string of the molecule is C=C(OC1=CCC2(C)C(C)N(C)CCC23c2c(C)ccc(C)c2CC13)C(C)NC(=O)[C@@H](O)c1ccccc1. The summed E-state index contributed by atoms with van der Waals surface area (Å²) in [7, 11) is 2.25. The second-order valence-electron chi connectivity index (χ2n) is 12.0. The second kappa shape index (κ2) is 9.69. The molecule has 5 unspecified atom stereocenters. The Labute approximate surface area is 227 Å². The lowest BCUT2D eigenvalue weighted by Crippen LogP contribution is -2.63. The van der Waals surface area contributed by atoms with E-state index in [-0.39, 0.29) is 16.7 Å². The molecule has 1 heterocycles. The first-order valence-corrected chi connectivity index (χ1v) is 13.9. The Morgan fingerprint density at radius 2 is 1.87 bits per heavy atom. The summed E-state index contributed by atoms with van der Waals surface area (Å²) in [6.45, 7) is 16.5. The van der Waals surface area contributed by atoms with Crippen LogP contribution in [0.25, 0.3) is 0 Å². The highest BCUT2D eigenvalue weighted by Gasteiger charge is 2.65. The number of likely N-dealkylation sites (tertiary alicyclic amines) is 1. The van der Waals surface area contributed by atoms with Gasteiger partial charge in [0, 0.05) is 17.4 Å². The molecule has 1 fully saturated rings. The molecule has 1 spiro atoms. The Morgan fingerprint density at radius 3 is 2.58 bits per heavy atom. The zero-order chi connectivity index (χ0) is 27.4. The summed E-state index contributed by atoms with van der Waals surface area (Å²) in [5.74, 6) is 1.23. The van der Waals surface area contributed by atoms with Gasteiger partial charge in [0.25, 0.3) is 5.91 Å². The number of aliphatic hydroxyl groups excluding tert-OH is 1. The van der Waals surface area contributed by atoms with Crippen molar-refractivity contribution in [3.63, 3.8) is 0 Å². The molecule has 5 rings (SSSR count). The lowest BCUT2D eigenvalue weighted by Gasteiger charge is -2.61. The Kier molecular flexibility index (Phi) is 6.81. The molecule has 0 aromatic heterocycles. The van der Waals surface area contributed by atoms with Gasteiger partial charge in [-0.25, -0.2) is 0 Å². The molecule has 3 aliphatic rings. The van der Waals surface area contributed by atoms with E-state index < -0.39 is 18.1 Å². The number of carbonyl (C=O) groups is 1. The van der Waals surface area contributed by atoms with E-state index in [2.05, 4.69) is 69.7 Å². The number of aliphatic hydroxyl groups is 1. The van der Waals surface area contributed by atoms with Gasteiger partial charge in [0.2, 0.25) is 0 Å². The fraction of sp³-hybridized carbons (Fsp3) is 0.485. The zero-order valence-electron chi connectivity index (χ0n) is 23.7. The minimum Gasteiger partial charge on any atom is -0.465 e. The molecule has 2 aromatic carbocycles. The number of nitrogens with one attached hydrogen (secondary N) is 1. The molecule has 1 amide bonds. The maximum absolute atomic E-state index is 12.8.